The SMILES string of the molecule is O=C(CCn1c(=O)[nH]c(=O)c2ccccc21)NCc1ccnc(N2CCCC2)c1. The number of amides is 1. The highest BCUT2D eigenvalue weighted by molar-refractivity contribution is 5.78. The second-order valence-corrected chi connectivity index (χ2v) is 7.17. The molecule has 4 rings (SSSR count). The van der Waals surface area contributed by atoms with E-state index >= 15 is 0 Å². The number of aromatic amines is 1. The molecule has 2 N–H and O–H groups in total. The maximum atomic E-state index is 12.3. The van der Waals surface area contributed by atoms with Crippen molar-refractivity contribution in [3.63, 3.8) is 0 Å². The number of aryl methyl sites for hydroxylation is 1. The van der Waals surface area contributed by atoms with Crippen LogP contribution in [0.4, 0.5) is 5.82 Å². The van der Waals surface area contributed by atoms with E-state index in [0.717, 1.165) is 24.5 Å². The smallest absolute Gasteiger partial charge is 0.328 e. The monoisotopic (exact) mass is 393 g/mol. The Labute approximate surface area is 167 Å². The number of fused-ring (bicyclic) bond motifs is 1. The zero-order chi connectivity index (χ0) is 20.2. The molecule has 0 bridgehead atoms. The number of aromatic nitrogens is 3. The van der Waals surface area contributed by atoms with Gasteiger partial charge in [-0.15, -0.1) is 0 Å². The van der Waals surface area contributed by atoms with Gasteiger partial charge in [-0.05, 0) is 42.7 Å². The molecule has 0 aliphatic carbocycles. The predicted molar refractivity (Wildman–Crippen MR) is 111 cm³/mol. The van der Waals surface area contributed by atoms with Crippen molar-refractivity contribution in [2.75, 3.05) is 18.0 Å². The van der Waals surface area contributed by atoms with E-state index in [1.165, 1.54) is 17.4 Å². The number of carbonyl (C=O) groups excluding carboxylic acids is 1. The number of nitrogens with zero attached hydrogens (tertiary/aromatic N) is 3. The molecule has 3 aromatic rings. The molecule has 0 atom stereocenters. The van der Waals surface area contributed by atoms with Crippen LogP contribution in [0.5, 0.6) is 0 Å². The minimum Gasteiger partial charge on any atom is -0.357 e. The molecule has 8 heteroatoms. The summed E-state index contributed by atoms with van der Waals surface area (Å²) in [7, 11) is 0. The van der Waals surface area contributed by atoms with Crippen LogP contribution in [-0.2, 0) is 17.9 Å². The predicted octanol–water partition coefficient (Wildman–Crippen LogP) is 1.39. The van der Waals surface area contributed by atoms with E-state index in [1.54, 1.807) is 30.5 Å². The number of para-hydroxylation sites is 1. The van der Waals surface area contributed by atoms with Crippen molar-refractivity contribution in [2.45, 2.75) is 32.4 Å². The number of hydrogen-bond acceptors (Lipinski definition) is 5. The highest BCUT2D eigenvalue weighted by Gasteiger charge is 2.14. The van der Waals surface area contributed by atoms with Crippen LogP contribution in [0, 0.1) is 0 Å². The van der Waals surface area contributed by atoms with Crippen LogP contribution in [0.2, 0.25) is 0 Å². The van der Waals surface area contributed by atoms with Gasteiger partial charge in [0.2, 0.25) is 5.91 Å². The van der Waals surface area contributed by atoms with Crippen LogP contribution in [0.15, 0.2) is 52.2 Å². The average molecular weight is 393 g/mol. The summed E-state index contributed by atoms with van der Waals surface area (Å²) in [6.45, 7) is 2.64. The lowest BCUT2D eigenvalue weighted by Gasteiger charge is -2.17. The van der Waals surface area contributed by atoms with Crippen molar-refractivity contribution < 1.29 is 4.79 Å². The van der Waals surface area contributed by atoms with Gasteiger partial charge < -0.3 is 10.2 Å². The molecule has 3 heterocycles. The van der Waals surface area contributed by atoms with Crippen molar-refractivity contribution >= 4 is 22.6 Å². The van der Waals surface area contributed by atoms with Gasteiger partial charge in [0.05, 0.1) is 10.9 Å². The van der Waals surface area contributed by atoms with Gasteiger partial charge in [-0.2, -0.15) is 0 Å². The fraction of sp³-hybridized carbons (Fsp3) is 0.333. The van der Waals surface area contributed by atoms with E-state index in [1.807, 2.05) is 12.1 Å². The number of H-pyrrole nitrogens is 1. The summed E-state index contributed by atoms with van der Waals surface area (Å²) in [4.78, 5) is 45.4. The van der Waals surface area contributed by atoms with Crippen molar-refractivity contribution in [2.24, 2.45) is 0 Å². The average Bonchev–Trinajstić information content (AvgIpc) is 3.27. The van der Waals surface area contributed by atoms with Gasteiger partial charge in [0.1, 0.15) is 5.82 Å². The molecule has 1 amide bonds. The lowest BCUT2D eigenvalue weighted by molar-refractivity contribution is -0.121. The number of rotatable bonds is 6. The van der Waals surface area contributed by atoms with E-state index in [-0.39, 0.29) is 18.9 Å². The van der Waals surface area contributed by atoms with Crippen molar-refractivity contribution in [3.8, 4) is 0 Å². The molecule has 8 nitrogen and oxygen atoms in total. The highest BCUT2D eigenvalue weighted by atomic mass is 16.2. The number of carbonyl (C=O) groups is 1. The van der Waals surface area contributed by atoms with Crippen LogP contribution in [0.3, 0.4) is 0 Å². The molecule has 0 radical (unpaired) electrons. The van der Waals surface area contributed by atoms with Crippen LogP contribution in [0.1, 0.15) is 24.8 Å². The molecule has 150 valence electrons. The third-order valence-electron chi connectivity index (χ3n) is 5.20. The number of hydrogen-bond donors (Lipinski definition) is 2. The van der Waals surface area contributed by atoms with Crippen molar-refractivity contribution in [3.05, 3.63) is 69.0 Å². The maximum absolute atomic E-state index is 12.3. The molecule has 0 unspecified atom stereocenters. The fourth-order valence-corrected chi connectivity index (χ4v) is 3.66. The second kappa shape index (κ2) is 8.30. The van der Waals surface area contributed by atoms with E-state index in [9.17, 15) is 14.4 Å². The van der Waals surface area contributed by atoms with Gasteiger partial charge in [-0.25, -0.2) is 9.78 Å². The minimum absolute atomic E-state index is 0.139. The summed E-state index contributed by atoms with van der Waals surface area (Å²) in [5, 5.41) is 3.32. The zero-order valence-corrected chi connectivity index (χ0v) is 16.1. The Bertz CT molecular complexity index is 1140. The lowest BCUT2D eigenvalue weighted by Crippen LogP contribution is -2.32. The number of nitrogens with one attached hydrogen (secondary N) is 2. The first kappa shape index (κ1) is 18.9. The summed E-state index contributed by atoms with van der Waals surface area (Å²) < 4.78 is 1.42. The fourth-order valence-electron chi connectivity index (χ4n) is 3.66. The van der Waals surface area contributed by atoms with E-state index in [0.29, 0.717) is 17.4 Å². The molecule has 1 saturated heterocycles. The molecule has 29 heavy (non-hydrogen) atoms. The Hall–Kier alpha value is -3.42. The number of anilines is 1. The Morgan fingerprint density at radius 2 is 1.93 bits per heavy atom. The number of benzene rings is 1. The number of pyridine rings is 1. The standard InChI is InChI=1S/C21H23N5O3/c27-19(23-14-15-7-9-22-18(13-15)25-10-3-4-11-25)8-12-26-17-6-2-1-5-16(17)20(28)24-21(26)29/h1-2,5-7,9,13H,3-4,8,10-12,14H2,(H,23,27)(H,24,28,29). The quantitative estimate of drug-likeness (QED) is 0.659. The van der Waals surface area contributed by atoms with Crippen LogP contribution < -0.4 is 21.5 Å². The Kier molecular flexibility index (Phi) is 5.41. The highest BCUT2D eigenvalue weighted by Crippen LogP contribution is 2.18. The van der Waals surface area contributed by atoms with Gasteiger partial charge in [0.25, 0.3) is 5.56 Å². The molecule has 2 aromatic heterocycles. The molecule has 0 saturated carbocycles. The summed E-state index contributed by atoms with van der Waals surface area (Å²) in [5.74, 6) is 0.784. The van der Waals surface area contributed by atoms with E-state index in [2.05, 4.69) is 20.2 Å². The molecular weight excluding hydrogens is 370 g/mol. The normalized spacial score (nSPS) is 13.7. The van der Waals surface area contributed by atoms with Gasteiger partial charge in [0, 0.05) is 38.8 Å². The summed E-state index contributed by atoms with van der Waals surface area (Å²) in [6, 6.07) is 10.8. The second-order valence-electron chi connectivity index (χ2n) is 7.17. The lowest BCUT2D eigenvalue weighted by atomic mass is 10.2. The third kappa shape index (κ3) is 4.21. The molecule has 1 aromatic carbocycles. The van der Waals surface area contributed by atoms with Crippen molar-refractivity contribution in [1.29, 1.82) is 0 Å². The minimum atomic E-state index is -0.508. The third-order valence-corrected chi connectivity index (χ3v) is 5.20. The van der Waals surface area contributed by atoms with Crippen LogP contribution in [0.25, 0.3) is 10.9 Å². The van der Waals surface area contributed by atoms with Gasteiger partial charge >= 0.3 is 5.69 Å². The van der Waals surface area contributed by atoms with E-state index in [4.69, 9.17) is 0 Å². The molecule has 1 aliphatic rings. The van der Waals surface area contributed by atoms with Crippen LogP contribution in [-0.4, -0.2) is 33.5 Å². The van der Waals surface area contributed by atoms with Gasteiger partial charge in [0.15, 0.2) is 0 Å². The first-order valence-electron chi connectivity index (χ1n) is 9.80. The Morgan fingerprint density at radius 1 is 1.14 bits per heavy atom. The zero-order valence-electron chi connectivity index (χ0n) is 16.1. The van der Waals surface area contributed by atoms with Gasteiger partial charge in [-0.3, -0.25) is 19.1 Å². The molecule has 1 fully saturated rings. The summed E-state index contributed by atoms with van der Waals surface area (Å²) in [5.41, 5.74) is 0.587. The topological polar surface area (TPSA) is 100 Å². The molecule has 1 aliphatic heterocycles. The summed E-state index contributed by atoms with van der Waals surface area (Å²) >= 11 is 0. The molecule has 0 spiro atoms. The Morgan fingerprint density at radius 3 is 2.76 bits per heavy atom. The van der Waals surface area contributed by atoms with Gasteiger partial charge in [-0.1, -0.05) is 12.1 Å². The maximum Gasteiger partial charge on any atom is 0.328 e. The van der Waals surface area contributed by atoms with E-state index < -0.39 is 11.2 Å². The Balaban J connectivity index is 1.39. The van der Waals surface area contributed by atoms with Crippen LogP contribution >= 0.6 is 0 Å². The first-order valence-corrected chi connectivity index (χ1v) is 9.80. The molecular formula is C21H23N5O3. The first-order chi connectivity index (χ1) is 14.1. The van der Waals surface area contributed by atoms with Crippen molar-refractivity contribution in [1.82, 2.24) is 19.9 Å². The summed E-state index contributed by atoms with van der Waals surface area (Å²) in [6.07, 6.45) is 4.27. The largest absolute Gasteiger partial charge is 0.357 e.